The minimum atomic E-state index is 0.0115. The summed E-state index contributed by atoms with van der Waals surface area (Å²) in [6.45, 7) is 1.54. The van der Waals surface area contributed by atoms with Crippen molar-refractivity contribution in [3.05, 3.63) is 34.2 Å². The standard InChI is InChI=1S/C15H19N3O2S2/c1-17-10-11(14(16-17)20-2)15(19)18-6-5-13(22-9-7-18)12-4-3-8-21-12/h3-4,8,10,13H,5-7,9H2,1-2H3/t13-/m0/s1. The summed E-state index contributed by atoms with van der Waals surface area (Å²) in [5.74, 6) is 1.37. The van der Waals surface area contributed by atoms with E-state index >= 15 is 0 Å². The Hall–Kier alpha value is -1.47. The van der Waals surface area contributed by atoms with Crippen LogP contribution < -0.4 is 4.74 Å². The summed E-state index contributed by atoms with van der Waals surface area (Å²) in [5.41, 5.74) is 0.546. The summed E-state index contributed by atoms with van der Waals surface area (Å²) in [6.07, 6.45) is 2.72. The van der Waals surface area contributed by atoms with Crippen LogP contribution >= 0.6 is 23.1 Å². The fourth-order valence-corrected chi connectivity index (χ4v) is 4.85. The highest BCUT2D eigenvalue weighted by molar-refractivity contribution is 7.99. The van der Waals surface area contributed by atoms with Gasteiger partial charge in [-0.25, -0.2) is 0 Å². The van der Waals surface area contributed by atoms with Crippen molar-refractivity contribution in [2.75, 3.05) is 26.0 Å². The molecule has 3 heterocycles. The summed E-state index contributed by atoms with van der Waals surface area (Å²) >= 11 is 3.73. The number of amides is 1. The minimum absolute atomic E-state index is 0.0115. The van der Waals surface area contributed by atoms with Gasteiger partial charge in [-0.15, -0.1) is 16.4 Å². The second-order valence-electron chi connectivity index (χ2n) is 5.18. The van der Waals surface area contributed by atoms with E-state index in [-0.39, 0.29) is 5.91 Å². The fraction of sp³-hybridized carbons (Fsp3) is 0.467. The lowest BCUT2D eigenvalue weighted by Crippen LogP contribution is -2.33. The summed E-state index contributed by atoms with van der Waals surface area (Å²) < 4.78 is 6.82. The van der Waals surface area contributed by atoms with Crippen LogP contribution in [0.25, 0.3) is 0 Å². The van der Waals surface area contributed by atoms with Gasteiger partial charge in [-0.1, -0.05) is 6.07 Å². The van der Waals surface area contributed by atoms with Crippen molar-refractivity contribution in [2.45, 2.75) is 11.7 Å². The molecule has 0 bridgehead atoms. The maximum Gasteiger partial charge on any atom is 0.261 e. The minimum Gasteiger partial charge on any atom is -0.479 e. The second kappa shape index (κ2) is 6.75. The second-order valence-corrected chi connectivity index (χ2v) is 7.47. The Morgan fingerprint density at radius 1 is 1.45 bits per heavy atom. The first-order chi connectivity index (χ1) is 10.7. The lowest BCUT2D eigenvalue weighted by atomic mass is 10.2. The van der Waals surface area contributed by atoms with Crippen LogP contribution in [0.2, 0.25) is 0 Å². The number of ether oxygens (including phenoxy) is 1. The summed E-state index contributed by atoms with van der Waals surface area (Å²) in [7, 11) is 3.34. The van der Waals surface area contributed by atoms with E-state index < -0.39 is 0 Å². The number of carbonyl (C=O) groups excluding carboxylic acids is 1. The van der Waals surface area contributed by atoms with Crippen LogP contribution in [0.15, 0.2) is 23.7 Å². The van der Waals surface area contributed by atoms with Gasteiger partial charge >= 0.3 is 0 Å². The number of hydrogen-bond donors (Lipinski definition) is 0. The fourth-order valence-electron chi connectivity index (χ4n) is 2.61. The molecule has 1 fully saturated rings. The van der Waals surface area contributed by atoms with E-state index in [1.165, 1.54) is 4.88 Å². The molecule has 1 aliphatic rings. The Balaban J connectivity index is 1.71. The molecule has 1 atom stereocenters. The number of methoxy groups -OCH3 is 1. The topological polar surface area (TPSA) is 47.4 Å². The molecule has 7 heteroatoms. The average Bonchev–Trinajstić information content (AvgIpc) is 3.11. The first-order valence-electron chi connectivity index (χ1n) is 7.21. The molecule has 1 amide bonds. The highest BCUT2D eigenvalue weighted by atomic mass is 32.2. The monoisotopic (exact) mass is 337 g/mol. The Kier molecular flexibility index (Phi) is 4.73. The first-order valence-corrected chi connectivity index (χ1v) is 9.14. The number of thiophene rings is 1. The lowest BCUT2D eigenvalue weighted by Gasteiger charge is -2.19. The molecule has 0 aromatic carbocycles. The van der Waals surface area contributed by atoms with Crippen molar-refractivity contribution in [1.82, 2.24) is 14.7 Å². The molecule has 5 nitrogen and oxygen atoms in total. The number of nitrogens with zero attached hydrogens (tertiary/aromatic N) is 3. The molecule has 0 spiro atoms. The van der Waals surface area contributed by atoms with Crippen molar-refractivity contribution in [3.63, 3.8) is 0 Å². The van der Waals surface area contributed by atoms with Crippen LogP contribution in [0.4, 0.5) is 0 Å². The van der Waals surface area contributed by atoms with E-state index in [1.807, 2.05) is 16.7 Å². The quantitative estimate of drug-likeness (QED) is 0.864. The Morgan fingerprint density at radius 2 is 2.32 bits per heavy atom. The maximum atomic E-state index is 12.7. The zero-order valence-corrected chi connectivity index (χ0v) is 14.3. The molecule has 3 rings (SSSR count). The highest BCUT2D eigenvalue weighted by Crippen LogP contribution is 2.37. The third-order valence-electron chi connectivity index (χ3n) is 3.71. The number of hydrogen-bond acceptors (Lipinski definition) is 5. The number of rotatable bonds is 3. The summed E-state index contributed by atoms with van der Waals surface area (Å²) in [6, 6.07) is 4.28. The molecule has 1 saturated heterocycles. The zero-order chi connectivity index (χ0) is 15.5. The Labute approximate surface area is 138 Å². The average molecular weight is 337 g/mol. The van der Waals surface area contributed by atoms with Crippen molar-refractivity contribution < 1.29 is 9.53 Å². The Morgan fingerprint density at radius 3 is 3.05 bits per heavy atom. The Bertz CT molecular complexity index is 639. The molecule has 1 aliphatic heterocycles. The number of carbonyl (C=O) groups is 1. The molecule has 0 aliphatic carbocycles. The van der Waals surface area contributed by atoms with Crippen LogP contribution in [0.3, 0.4) is 0 Å². The van der Waals surface area contributed by atoms with Gasteiger partial charge in [0.2, 0.25) is 5.88 Å². The third kappa shape index (κ3) is 3.15. The van der Waals surface area contributed by atoms with Crippen LogP contribution in [0.1, 0.15) is 26.9 Å². The van der Waals surface area contributed by atoms with E-state index in [9.17, 15) is 4.79 Å². The molecule has 118 valence electrons. The number of aryl methyl sites for hydroxylation is 1. The SMILES string of the molecule is COc1nn(C)cc1C(=O)N1CCS[C@H](c2cccs2)CC1. The van der Waals surface area contributed by atoms with Gasteiger partial charge in [-0.3, -0.25) is 9.48 Å². The predicted octanol–water partition coefficient (Wildman–Crippen LogP) is 2.81. The normalized spacial score (nSPS) is 19.0. The highest BCUT2D eigenvalue weighted by Gasteiger charge is 2.26. The van der Waals surface area contributed by atoms with Gasteiger partial charge in [0.1, 0.15) is 5.56 Å². The van der Waals surface area contributed by atoms with Crippen molar-refractivity contribution >= 4 is 29.0 Å². The maximum absolute atomic E-state index is 12.7. The molecule has 0 saturated carbocycles. The van der Waals surface area contributed by atoms with Gasteiger partial charge in [0.25, 0.3) is 5.91 Å². The van der Waals surface area contributed by atoms with Crippen molar-refractivity contribution in [2.24, 2.45) is 7.05 Å². The van der Waals surface area contributed by atoms with Crippen LogP contribution in [-0.4, -0.2) is 46.5 Å². The van der Waals surface area contributed by atoms with Crippen LogP contribution in [0.5, 0.6) is 5.88 Å². The van der Waals surface area contributed by atoms with Crippen LogP contribution in [-0.2, 0) is 7.05 Å². The molecule has 2 aromatic rings. The third-order valence-corrected chi connectivity index (χ3v) is 6.15. The van der Waals surface area contributed by atoms with E-state index in [0.29, 0.717) is 16.7 Å². The molecular weight excluding hydrogens is 318 g/mol. The summed E-state index contributed by atoms with van der Waals surface area (Å²) in [4.78, 5) is 16.0. The van der Waals surface area contributed by atoms with Gasteiger partial charge in [-0.05, 0) is 17.9 Å². The van der Waals surface area contributed by atoms with E-state index in [2.05, 4.69) is 22.6 Å². The molecule has 0 radical (unpaired) electrons. The summed E-state index contributed by atoms with van der Waals surface area (Å²) in [5, 5.41) is 6.78. The molecule has 0 N–H and O–H groups in total. The molecule has 2 aromatic heterocycles. The van der Waals surface area contributed by atoms with E-state index in [0.717, 1.165) is 25.3 Å². The molecule has 0 unspecified atom stereocenters. The smallest absolute Gasteiger partial charge is 0.261 e. The molecule has 22 heavy (non-hydrogen) atoms. The number of thioether (sulfide) groups is 1. The van der Waals surface area contributed by atoms with Crippen molar-refractivity contribution in [3.8, 4) is 5.88 Å². The van der Waals surface area contributed by atoms with E-state index in [4.69, 9.17) is 4.74 Å². The number of aromatic nitrogens is 2. The first kappa shape index (κ1) is 15.4. The van der Waals surface area contributed by atoms with Gasteiger partial charge in [0.05, 0.1) is 7.11 Å². The van der Waals surface area contributed by atoms with Crippen molar-refractivity contribution in [1.29, 1.82) is 0 Å². The lowest BCUT2D eigenvalue weighted by molar-refractivity contribution is 0.0763. The van der Waals surface area contributed by atoms with E-state index in [1.54, 1.807) is 36.4 Å². The predicted molar refractivity (Wildman–Crippen MR) is 89.8 cm³/mol. The largest absolute Gasteiger partial charge is 0.479 e. The zero-order valence-electron chi connectivity index (χ0n) is 12.7. The van der Waals surface area contributed by atoms with Gasteiger partial charge in [0, 0.05) is 42.2 Å². The van der Waals surface area contributed by atoms with Gasteiger partial charge in [-0.2, -0.15) is 11.8 Å². The van der Waals surface area contributed by atoms with Gasteiger partial charge < -0.3 is 9.64 Å². The van der Waals surface area contributed by atoms with Crippen LogP contribution in [0, 0.1) is 0 Å². The molecular formula is C15H19N3O2S2. The van der Waals surface area contributed by atoms with Gasteiger partial charge in [0.15, 0.2) is 0 Å².